The van der Waals surface area contributed by atoms with Crippen LogP contribution in [0.4, 0.5) is 0 Å². The summed E-state index contributed by atoms with van der Waals surface area (Å²) in [6.07, 6.45) is 1.81. The van der Waals surface area contributed by atoms with Crippen molar-refractivity contribution in [3.8, 4) is 22.5 Å². The van der Waals surface area contributed by atoms with E-state index in [-0.39, 0.29) is 5.69 Å². The summed E-state index contributed by atoms with van der Waals surface area (Å²) in [4.78, 5) is 12.8. The second kappa shape index (κ2) is 9.07. The van der Waals surface area contributed by atoms with E-state index < -0.39 is 0 Å². The lowest BCUT2D eigenvalue weighted by molar-refractivity contribution is 0.556. The first-order valence-electron chi connectivity index (χ1n) is 10.7. The van der Waals surface area contributed by atoms with E-state index in [1.807, 2.05) is 31.2 Å². The fourth-order valence-electron chi connectivity index (χ4n) is 3.64. The number of aromatic amines is 1. The van der Waals surface area contributed by atoms with Gasteiger partial charge in [-0.1, -0.05) is 62.4 Å². The van der Waals surface area contributed by atoms with Gasteiger partial charge >= 0.3 is 5.69 Å². The van der Waals surface area contributed by atoms with Crippen molar-refractivity contribution in [2.24, 2.45) is 5.92 Å². The molecule has 0 unspecified atom stereocenters. The minimum absolute atomic E-state index is 0.0477. The van der Waals surface area contributed by atoms with Crippen LogP contribution in [0.3, 0.4) is 0 Å². The average Bonchev–Trinajstić information content (AvgIpc) is 3.42. The Kier molecular flexibility index (Phi) is 6.06. The molecule has 0 fully saturated rings. The van der Waals surface area contributed by atoms with Crippen molar-refractivity contribution in [3.63, 3.8) is 0 Å². The maximum Gasteiger partial charge on any atom is 0.346 e. The first kappa shape index (κ1) is 20.7. The van der Waals surface area contributed by atoms with E-state index in [1.54, 1.807) is 9.25 Å². The standard InChI is InChI=1S/C23H27N7O/c1-4-30-23(31)29(21(26-30)14-9-16(2)3)15-17-10-12-18(13-11-17)19-7-5-6-8-20(19)22-24-27-28-25-22/h5-8,10-13,16H,4,9,14-15H2,1-3H3,(H,24,25,27,28). The van der Waals surface area contributed by atoms with E-state index in [9.17, 15) is 4.79 Å². The number of aryl methyl sites for hydroxylation is 2. The van der Waals surface area contributed by atoms with E-state index in [1.165, 1.54) is 0 Å². The van der Waals surface area contributed by atoms with Crippen LogP contribution in [0.2, 0.25) is 0 Å². The molecule has 160 valence electrons. The van der Waals surface area contributed by atoms with E-state index >= 15 is 0 Å². The fraction of sp³-hybridized carbons (Fsp3) is 0.348. The molecule has 8 heteroatoms. The molecule has 8 nitrogen and oxygen atoms in total. The number of nitrogens with one attached hydrogen (secondary N) is 1. The van der Waals surface area contributed by atoms with Gasteiger partial charge in [0.05, 0.1) is 6.54 Å². The lowest BCUT2D eigenvalue weighted by Gasteiger charge is -2.10. The highest BCUT2D eigenvalue weighted by Gasteiger charge is 2.14. The molecular formula is C23H27N7O. The van der Waals surface area contributed by atoms with Crippen LogP contribution in [0.25, 0.3) is 22.5 Å². The Morgan fingerprint density at radius 1 is 1.03 bits per heavy atom. The van der Waals surface area contributed by atoms with Crippen molar-refractivity contribution in [3.05, 3.63) is 70.4 Å². The Bertz CT molecular complexity index is 1190. The third kappa shape index (κ3) is 4.47. The molecule has 31 heavy (non-hydrogen) atoms. The van der Waals surface area contributed by atoms with Crippen LogP contribution in [-0.4, -0.2) is 35.0 Å². The molecule has 4 aromatic rings. The molecule has 0 amide bonds. The quantitative estimate of drug-likeness (QED) is 0.473. The molecule has 2 aromatic carbocycles. The lowest BCUT2D eigenvalue weighted by atomic mass is 9.98. The zero-order chi connectivity index (χ0) is 21.8. The number of rotatable bonds is 8. The molecule has 4 rings (SSSR count). The summed E-state index contributed by atoms with van der Waals surface area (Å²) in [6, 6.07) is 16.3. The maximum atomic E-state index is 12.8. The molecule has 0 radical (unpaired) electrons. The van der Waals surface area contributed by atoms with Crippen LogP contribution >= 0.6 is 0 Å². The minimum atomic E-state index is -0.0477. The summed E-state index contributed by atoms with van der Waals surface area (Å²) in [5.41, 5.74) is 4.06. The van der Waals surface area contributed by atoms with Crippen LogP contribution in [0.5, 0.6) is 0 Å². The molecule has 1 N–H and O–H groups in total. The van der Waals surface area contributed by atoms with Crippen molar-refractivity contribution in [1.29, 1.82) is 0 Å². The monoisotopic (exact) mass is 417 g/mol. The summed E-state index contributed by atoms with van der Waals surface area (Å²) in [5, 5.41) is 18.8. The van der Waals surface area contributed by atoms with Crippen LogP contribution in [0.15, 0.2) is 53.3 Å². The second-order valence-electron chi connectivity index (χ2n) is 8.03. The van der Waals surface area contributed by atoms with Crippen molar-refractivity contribution in [2.45, 2.75) is 46.7 Å². The summed E-state index contributed by atoms with van der Waals surface area (Å²) >= 11 is 0. The summed E-state index contributed by atoms with van der Waals surface area (Å²) in [6.45, 7) is 7.41. The summed E-state index contributed by atoms with van der Waals surface area (Å²) in [5.74, 6) is 2.05. The van der Waals surface area contributed by atoms with Gasteiger partial charge in [-0.2, -0.15) is 5.10 Å². The molecule has 0 atom stereocenters. The summed E-state index contributed by atoms with van der Waals surface area (Å²) in [7, 11) is 0. The van der Waals surface area contributed by atoms with Gasteiger partial charge in [-0.25, -0.2) is 14.6 Å². The molecule has 0 saturated heterocycles. The number of hydrogen-bond donors (Lipinski definition) is 1. The van der Waals surface area contributed by atoms with E-state index in [0.717, 1.165) is 40.9 Å². The molecule has 2 aromatic heterocycles. The topological polar surface area (TPSA) is 94.3 Å². The Labute approximate surface area is 180 Å². The van der Waals surface area contributed by atoms with Crippen molar-refractivity contribution >= 4 is 0 Å². The van der Waals surface area contributed by atoms with Crippen molar-refractivity contribution < 1.29 is 0 Å². The Hall–Kier alpha value is -3.55. The van der Waals surface area contributed by atoms with E-state index in [2.05, 4.69) is 63.8 Å². The normalized spacial score (nSPS) is 11.4. The number of nitrogens with zero attached hydrogens (tertiary/aromatic N) is 6. The number of hydrogen-bond acceptors (Lipinski definition) is 5. The molecule has 0 aliphatic rings. The van der Waals surface area contributed by atoms with E-state index in [0.29, 0.717) is 24.8 Å². The van der Waals surface area contributed by atoms with Crippen LogP contribution in [0.1, 0.15) is 38.6 Å². The van der Waals surface area contributed by atoms with Gasteiger partial charge in [0, 0.05) is 18.5 Å². The van der Waals surface area contributed by atoms with E-state index in [4.69, 9.17) is 0 Å². The van der Waals surface area contributed by atoms with Gasteiger partial charge in [-0.15, -0.1) is 5.10 Å². The highest BCUT2D eigenvalue weighted by Crippen LogP contribution is 2.29. The molecule has 0 saturated carbocycles. The molecule has 2 heterocycles. The molecule has 0 spiro atoms. The van der Waals surface area contributed by atoms with Crippen LogP contribution < -0.4 is 5.69 Å². The number of H-pyrrole nitrogens is 1. The Morgan fingerprint density at radius 2 is 1.77 bits per heavy atom. The van der Waals surface area contributed by atoms with Crippen LogP contribution in [-0.2, 0) is 19.5 Å². The number of tetrazole rings is 1. The predicted octanol–water partition coefficient (Wildman–Crippen LogP) is 3.55. The molecule has 0 bridgehead atoms. The summed E-state index contributed by atoms with van der Waals surface area (Å²) < 4.78 is 3.35. The minimum Gasteiger partial charge on any atom is -0.274 e. The van der Waals surface area contributed by atoms with Gasteiger partial charge < -0.3 is 0 Å². The highest BCUT2D eigenvalue weighted by atomic mass is 16.2. The molecule has 0 aliphatic heterocycles. The van der Waals surface area contributed by atoms with Gasteiger partial charge in [0.1, 0.15) is 5.82 Å². The van der Waals surface area contributed by atoms with Crippen LogP contribution in [0, 0.1) is 5.92 Å². The fourth-order valence-corrected chi connectivity index (χ4v) is 3.64. The third-order valence-electron chi connectivity index (χ3n) is 5.38. The highest BCUT2D eigenvalue weighted by molar-refractivity contribution is 5.80. The molecular weight excluding hydrogens is 390 g/mol. The third-order valence-corrected chi connectivity index (χ3v) is 5.38. The smallest absolute Gasteiger partial charge is 0.274 e. The number of aromatic nitrogens is 7. The predicted molar refractivity (Wildman–Crippen MR) is 119 cm³/mol. The number of benzene rings is 2. The largest absolute Gasteiger partial charge is 0.346 e. The zero-order valence-corrected chi connectivity index (χ0v) is 18.1. The first-order valence-corrected chi connectivity index (χ1v) is 10.7. The molecule has 0 aliphatic carbocycles. The first-order chi connectivity index (χ1) is 15.1. The average molecular weight is 418 g/mol. The SMILES string of the molecule is CCn1nc(CCC(C)C)n(Cc2ccc(-c3ccccc3-c3nnn[nH]3)cc2)c1=O. The van der Waals surface area contributed by atoms with Gasteiger partial charge in [-0.3, -0.25) is 4.57 Å². The van der Waals surface area contributed by atoms with Gasteiger partial charge in [0.2, 0.25) is 0 Å². The Morgan fingerprint density at radius 3 is 2.42 bits per heavy atom. The van der Waals surface area contributed by atoms with Gasteiger partial charge in [-0.05, 0) is 46.4 Å². The van der Waals surface area contributed by atoms with Gasteiger partial charge in [0.15, 0.2) is 5.82 Å². The zero-order valence-electron chi connectivity index (χ0n) is 18.1. The van der Waals surface area contributed by atoms with Crippen molar-refractivity contribution in [1.82, 2.24) is 35.0 Å². The lowest BCUT2D eigenvalue weighted by Crippen LogP contribution is -2.25. The maximum absolute atomic E-state index is 12.8. The Balaban J connectivity index is 1.61. The second-order valence-corrected chi connectivity index (χ2v) is 8.03. The van der Waals surface area contributed by atoms with Crippen molar-refractivity contribution in [2.75, 3.05) is 0 Å². The van der Waals surface area contributed by atoms with Gasteiger partial charge in [0.25, 0.3) is 0 Å².